The van der Waals surface area contributed by atoms with Crippen molar-refractivity contribution in [2.75, 3.05) is 27.2 Å². The molecule has 6 heteroatoms. The fraction of sp³-hybridized carbons (Fsp3) is 0.462. The number of aromatic hydroxyl groups is 1. The van der Waals surface area contributed by atoms with Gasteiger partial charge in [-0.2, -0.15) is 0 Å². The molecule has 0 saturated heterocycles. The molecule has 0 radical (unpaired) electrons. The molecule has 1 amide bonds. The number of phenols is 1. The molecule has 0 spiro atoms. The first-order valence-electron chi connectivity index (χ1n) is 5.85. The minimum absolute atomic E-state index is 0.0793. The van der Waals surface area contributed by atoms with Gasteiger partial charge in [-0.3, -0.25) is 4.79 Å². The van der Waals surface area contributed by atoms with E-state index in [4.69, 9.17) is 11.6 Å². The number of phenolic OH excluding ortho intramolecular Hbond substituents is 1. The Labute approximate surface area is 117 Å². The molecule has 0 aliphatic carbocycles. The van der Waals surface area contributed by atoms with E-state index < -0.39 is 11.5 Å². The summed E-state index contributed by atoms with van der Waals surface area (Å²) in [7, 11) is 3.66. The second kappa shape index (κ2) is 6.23. The number of benzene rings is 1. The lowest BCUT2D eigenvalue weighted by Gasteiger charge is -2.27. The zero-order valence-corrected chi connectivity index (χ0v) is 12.0. The number of hydrogen-bond acceptors (Lipinski definition) is 4. The van der Waals surface area contributed by atoms with Gasteiger partial charge in [0.1, 0.15) is 5.75 Å². The predicted molar refractivity (Wildman–Crippen MR) is 74.6 cm³/mol. The van der Waals surface area contributed by atoms with Crippen molar-refractivity contribution in [3.05, 3.63) is 28.8 Å². The minimum Gasteiger partial charge on any atom is -0.507 e. The van der Waals surface area contributed by atoms with E-state index >= 15 is 0 Å². The molecular weight excluding hydrogens is 268 g/mol. The van der Waals surface area contributed by atoms with E-state index in [1.807, 2.05) is 19.0 Å². The molecule has 5 nitrogen and oxygen atoms in total. The lowest BCUT2D eigenvalue weighted by atomic mass is 10.1. The number of amides is 1. The molecule has 1 aromatic carbocycles. The van der Waals surface area contributed by atoms with Gasteiger partial charge >= 0.3 is 0 Å². The summed E-state index contributed by atoms with van der Waals surface area (Å²) in [6, 6.07) is 4.23. The Morgan fingerprint density at radius 2 is 2.11 bits per heavy atom. The topological polar surface area (TPSA) is 72.8 Å². The summed E-state index contributed by atoms with van der Waals surface area (Å²) in [5, 5.41) is 22.6. The van der Waals surface area contributed by atoms with Gasteiger partial charge in [0.25, 0.3) is 5.91 Å². The maximum atomic E-state index is 11.9. The third-order valence-corrected chi connectivity index (χ3v) is 2.72. The number of likely N-dealkylation sites (N-methyl/N-ethyl adjacent to an activating group) is 1. The summed E-state index contributed by atoms with van der Waals surface area (Å²) in [5.41, 5.74) is -0.957. The number of halogens is 1. The van der Waals surface area contributed by atoms with Crippen LogP contribution in [0.4, 0.5) is 0 Å². The smallest absolute Gasteiger partial charge is 0.255 e. The van der Waals surface area contributed by atoms with Crippen molar-refractivity contribution in [3.8, 4) is 5.75 Å². The SMILES string of the molecule is CN(C)CC(C)(O)CNC(=O)c1cc(Cl)ccc1O. The van der Waals surface area contributed by atoms with Crippen LogP contribution in [0.25, 0.3) is 0 Å². The van der Waals surface area contributed by atoms with Gasteiger partial charge in [0, 0.05) is 18.1 Å². The first-order chi connectivity index (χ1) is 8.71. The van der Waals surface area contributed by atoms with Crippen molar-refractivity contribution in [3.63, 3.8) is 0 Å². The first kappa shape index (κ1) is 15.8. The summed E-state index contributed by atoms with van der Waals surface area (Å²) in [6.45, 7) is 2.12. The quantitative estimate of drug-likeness (QED) is 0.758. The standard InChI is InChI=1S/C13H19ClN2O3/c1-13(19,8-16(2)3)7-15-12(18)10-6-9(14)4-5-11(10)17/h4-6,17,19H,7-8H2,1-3H3,(H,15,18). The first-order valence-corrected chi connectivity index (χ1v) is 6.23. The molecule has 0 aliphatic rings. The van der Waals surface area contributed by atoms with Crippen LogP contribution >= 0.6 is 11.6 Å². The van der Waals surface area contributed by atoms with Crippen LogP contribution in [0.15, 0.2) is 18.2 Å². The molecule has 19 heavy (non-hydrogen) atoms. The number of hydrogen-bond donors (Lipinski definition) is 3. The van der Waals surface area contributed by atoms with Gasteiger partial charge in [-0.05, 0) is 39.2 Å². The van der Waals surface area contributed by atoms with Gasteiger partial charge in [-0.1, -0.05) is 11.6 Å². The van der Waals surface area contributed by atoms with E-state index in [1.54, 1.807) is 6.92 Å². The molecular formula is C13H19ClN2O3. The molecule has 1 unspecified atom stereocenters. The number of carbonyl (C=O) groups excluding carboxylic acids is 1. The molecule has 0 heterocycles. The zero-order chi connectivity index (χ0) is 14.6. The Bertz CT molecular complexity index is 461. The lowest BCUT2D eigenvalue weighted by Crippen LogP contribution is -2.47. The summed E-state index contributed by atoms with van der Waals surface area (Å²) in [5.74, 6) is -0.617. The molecule has 0 aromatic heterocycles. The highest BCUT2D eigenvalue weighted by Gasteiger charge is 2.23. The largest absolute Gasteiger partial charge is 0.507 e. The second-order valence-corrected chi connectivity index (χ2v) is 5.52. The average molecular weight is 287 g/mol. The van der Waals surface area contributed by atoms with Crippen LogP contribution < -0.4 is 5.32 Å². The van der Waals surface area contributed by atoms with E-state index in [0.29, 0.717) is 11.6 Å². The van der Waals surface area contributed by atoms with Crippen molar-refractivity contribution in [1.29, 1.82) is 0 Å². The van der Waals surface area contributed by atoms with Crippen LogP contribution in [0.1, 0.15) is 17.3 Å². The predicted octanol–water partition coefficient (Wildman–Crippen LogP) is 1.09. The van der Waals surface area contributed by atoms with Gasteiger partial charge in [-0.25, -0.2) is 0 Å². The highest BCUT2D eigenvalue weighted by Crippen LogP contribution is 2.21. The van der Waals surface area contributed by atoms with E-state index in [9.17, 15) is 15.0 Å². The van der Waals surface area contributed by atoms with E-state index in [1.165, 1.54) is 18.2 Å². The van der Waals surface area contributed by atoms with Crippen molar-refractivity contribution in [1.82, 2.24) is 10.2 Å². The van der Waals surface area contributed by atoms with Gasteiger partial charge in [-0.15, -0.1) is 0 Å². The Morgan fingerprint density at radius 3 is 2.68 bits per heavy atom. The fourth-order valence-corrected chi connectivity index (χ4v) is 1.97. The van der Waals surface area contributed by atoms with Crippen LogP contribution in [0.3, 0.4) is 0 Å². The maximum Gasteiger partial charge on any atom is 0.255 e. The van der Waals surface area contributed by atoms with Crippen molar-refractivity contribution < 1.29 is 15.0 Å². The number of nitrogens with one attached hydrogen (secondary N) is 1. The average Bonchev–Trinajstić information content (AvgIpc) is 2.27. The number of aliphatic hydroxyl groups is 1. The lowest BCUT2D eigenvalue weighted by molar-refractivity contribution is 0.0325. The van der Waals surface area contributed by atoms with Crippen LogP contribution in [-0.4, -0.2) is 53.8 Å². The molecule has 1 atom stereocenters. The summed E-state index contributed by atoms with van der Waals surface area (Å²) in [4.78, 5) is 13.7. The fourth-order valence-electron chi connectivity index (χ4n) is 1.79. The number of rotatable bonds is 5. The Morgan fingerprint density at radius 1 is 1.47 bits per heavy atom. The third-order valence-electron chi connectivity index (χ3n) is 2.49. The molecule has 106 valence electrons. The van der Waals surface area contributed by atoms with Crippen LogP contribution in [-0.2, 0) is 0 Å². The molecule has 0 fully saturated rings. The van der Waals surface area contributed by atoms with Crippen molar-refractivity contribution in [2.24, 2.45) is 0 Å². The molecule has 1 rings (SSSR count). The van der Waals surface area contributed by atoms with Gasteiger partial charge in [0.15, 0.2) is 0 Å². The molecule has 0 saturated carbocycles. The third kappa shape index (κ3) is 5.06. The molecule has 0 bridgehead atoms. The molecule has 1 aromatic rings. The van der Waals surface area contributed by atoms with Gasteiger partial charge in [0.05, 0.1) is 11.2 Å². The van der Waals surface area contributed by atoms with Gasteiger partial charge < -0.3 is 20.4 Å². The van der Waals surface area contributed by atoms with E-state index in [-0.39, 0.29) is 17.9 Å². The number of carbonyl (C=O) groups is 1. The number of nitrogens with zero attached hydrogens (tertiary/aromatic N) is 1. The second-order valence-electron chi connectivity index (χ2n) is 5.08. The summed E-state index contributed by atoms with van der Waals surface area (Å²) >= 11 is 5.77. The molecule has 0 aliphatic heterocycles. The van der Waals surface area contributed by atoms with Crippen LogP contribution in [0.5, 0.6) is 5.75 Å². The maximum absolute atomic E-state index is 11.9. The summed E-state index contributed by atoms with van der Waals surface area (Å²) in [6.07, 6.45) is 0. The van der Waals surface area contributed by atoms with E-state index in [0.717, 1.165) is 0 Å². The van der Waals surface area contributed by atoms with Crippen molar-refractivity contribution >= 4 is 17.5 Å². The summed E-state index contributed by atoms with van der Waals surface area (Å²) < 4.78 is 0. The Kier molecular flexibility index (Phi) is 5.17. The highest BCUT2D eigenvalue weighted by atomic mass is 35.5. The highest BCUT2D eigenvalue weighted by molar-refractivity contribution is 6.31. The van der Waals surface area contributed by atoms with Crippen LogP contribution in [0.2, 0.25) is 5.02 Å². The minimum atomic E-state index is -1.05. The monoisotopic (exact) mass is 286 g/mol. The van der Waals surface area contributed by atoms with Crippen molar-refractivity contribution in [2.45, 2.75) is 12.5 Å². The zero-order valence-electron chi connectivity index (χ0n) is 11.3. The van der Waals surface area contributed by atoms with Gasteiger partial charge in [0.2, 0.25) is 0 Å². The normalized spacial score (nSPS) is 14.2. The Hall–Kier alpha value is -1.30. The van der Waals surface area contributed by atoms with E-state index in [2.05, 4.69) is 5.32 Å². The molecule has 3 N–H and O–H groups in total. The van der Waals surface area contributed by atoms with Crippen LogP contribution in [0, 0.1) is 0 Å². The Balaban J connectivity index is 2.68.